The molecular weight excluding hydrogens is 302 g/mol. The zero-order valence-corrected chi connectivity index (χ0v) is 14.8. The minimum Gasteiger partial charge on any atom is -0.491 e. The van der Waals surface area contributed by atoms with Gasteiger partial charge in [-0.15, -0.1) is 0 Å². The molecule has 0 saturated heterocycles. The second kappa shape index (κ2) is 8.39. The molecule has 0 saturated carbocycles. The highest BCUT2D eigenvalue weighted by atomic mass is 16.5. The lowest BCUT2D eigenvalue weighted by Crippen LogP contribution is -2.20. The molecular formula is C20H25NO3. The van der Waals surface area contributed by atoms with Crippen molar-refractivity contribution in [3.8, 4) is 11.5 Å². The molecule has 128 valence electrons. The number of carbonyl (C=O) groups excluding carboxylic acids is 1. The van der Waals surface area contributed by atoms with Crippen LogP contribution in [0.2, 0.25) is 0 Å². The Morgan fingerprint density at radius 1 is 1.08 bits per heavy atom. The minimum atomic E-state index is -0.200. The molecule has 2 aromatic rings. The van der Waals surface area contributed by atoms with E-state index in [0.29, 0.717) is 11.4 Å². The number of amides is 1. The van der Waals surface area contributed by atoms with E-state index in [0.717, 1.165) is 17.7 Å². The van der Waals surface area contributed by atoms with Crippen LogP contribution in [-0.4, -0.2) is 18.6 Å². The van der Waals surface area contributed by atoms with Gasteiger partial charge < -0.3 is 14.8 Å². The largest absolute Gasteiger partial charge is 0.491 e. The quantitative estimate of drug-likeness (QED) is 0.814. The highest BCUT2D eigenvalue weighted by Gasteiger charge is 2.07. The molecule has 0 aliphatic heterocycles. The molecule has 4 heteroatoms. The van der Waals surface area contributed by atoms with Crippen molar-refractivity contribution in [2.24, 2.45) is 0 Å². The number of hydrogen-bond acceptors (Lipinski definition) is 3. The van der Waals surface area contributed by atoms with Crippen LogP contribution in [0.25, 0.3) is 0 Å². The van der Waals surface area contributed by atoms with Crippen LogP contribution in [0.4, 0.5) is 5.69 Å². The summed E-state index contributed by atoms with van der Waals surface area (Å²) in [7, 11) is 0. The molecule has 24 heavy (non-hydrogen) atoms. The standard InChI is InChI=1S/C20H25NO3/c1-5-16(4)24-19-8-6-7-17(12-19)21-20(22)13-23-18-10-9-14(2)15(3)11-18/h6-12,16H,5,13H2,1-4H3,(H,21,22). The number of aryl methyl sites for hydroxylation is 2. The average molecular weight is 327 g/mol. The van der Waals surface area contributed by atoms with Crippen LogP contribution in [-0.2, 0) is 4.79 Å². The average Bonchev–Trinajstić information content (AvgIpc) is 2.56. The van der Waals surface area contributed by atoms with Gasteiger partial charge in [0.2, 0.25) is 0 Å². The Balaban J connectivity index is 1.90. The van der Waals surface area contributed by atoms with Crippen molar-refractivity contribution in [1.82, 2.24) is 0 Å². The van der Waals surface area contributed by atoms with Gasteiger partial charge in [0.25, 0.3) is 5.91 Å². The maximum absolute atomic E-state index is 12.1. The van der Waals surface area contributed by atoms with Gasteiger partial charge in [0.1, 0.15) is 11.5 Å². The molecule has 0 radical (unpaired) electrons. The predicted octanol–water partition coefficient (Wildman–Crippen LogP) is 4.50. The van der Waals surface area contributed by atoms with E-state index in [-0.39, 0.29) is 18.6 Å². The summed E-state index contributed by atoms with van der Waals surface area (Å²) in [6.07, 6.45) is 1.07. The summed E-state index contributed by atoms with van der Waals surface area (Å²) >= 11 is 0. The Kier molecular flexibility index (Phi) is 6.24. The number of ether oxygens (including phenoxy) is 2. The molecule has 1 unspecified atom stereocenters. The lowest BCUT2D eigenvalue weighted by Gasteiger charge is -2.14. The van der Waals surface area contributed by atoms with E-state index in [2.05, 4.69) is 12.2 Å². The van der Waals surface area contributed by atoms with E-state index in [9.17, 15) is 4.79 Å². The number of anilines is 1. The van der Waals surface area contributed by atoms with Crippen molar-refractivity contribution < 1.29 is 14.3 Å². The first-order valence-electron chi connectivity index (χ1n) is 8.24. The third kappa shape index (κ3) is 5.30. The summed E-state index contributed by atoms with van der Waals surface area (Å²) in [4.78, 5) is 12.1. The lowest BCUT2D eigenvalue weighted by atomic mass is 10.1. The molecule has 4 nitrogen and oxygen atoms in total. The molecule has 2 rings (SSSR count). The van der Waals surface area contributed by atoms with Crippen LogP contribution in [0.15, 0.2) is 42.5 Å². The molecule has 0 heterocycles. The number of carbonyl (C=O) groups is 1. The third-order valence-electron chi connectivity index (χ3n) is 3.88. The summed E-state index contributed by atoms with van der Waals surface area (Å²) in [6.45, 7) is 8.12. The summed E-state index contributed by atoms with van der Waals surface area (Å²) in [5, 5.41) is 2.83. The summed E-state index contributed by atoms with van der Waals surface area (Å²) in [5.74, 6) is 1.24. The molecule has 0 spiro atoms. The van der Waals surface area contributed by atoms with E-state index < -0.39 is 0 Å². The maximum atomic E-state index is 12.1. The molecule has 2 aromatic carbocycles. The normalized spacial score (nSPS) is 11.7. The van der Waals surface area contributed by atoms with Crippen molar-refractivity contribution >= 4 is 11.6 Å². The van der Waals surface area contributed by atoms with Crippen molar-refractivity contribution in [1.29, 1.82) is 0 Å². The first-order chi connectivity index (χ1) is 11.5. The SMILES string of the molecule is CCC(C)Oc1cccc(NC(=O)COc2ccc(C)c(C)c2)c1. The van der Waals surface area contributed by atoms with E-state index in [1.165, 1.54) is 5.56 Å². The third-order valence-corrected chi connectivity index (χ3v) is 3.88. The van der Waals surface area contributed by atoms with Crippen LogP contribution in [0, 0.1) is 13.8 Å². The fourth-order valence-corrected chi connectivity index (χ4v) is 2.11. The Morgan fingerprint density at radius 3 is 2.58 bits per heavy atom. The topological polar surface area (TPSA) is 47.6 Å². The second-order valence-corrected chi connectivity index (χ2v) is 5.95. The second-order valence-electron chi connectivity index (χ2n) is 5.95. The van der Waals surface area contributed by atoms with Crippen LogP contribution < -0.4 is 14.8 Å². The fraction of sp³-hybridized carbons (Fsp3) is 0.350. The van der Waals surface area contributed by atoms with E-state index >= 15 is 0 Å². The Morgan fingerprint density at radius 2 is 1.88 bits per heavy atom. The van der Waals surface area contributed by atoms with Gasteiger partial charge >= 0.3 is 0 Å². The minimum absolute atomic E-state index is 0.0288. The first kappa shape index (κ1) is 17.9. The monoisotopic (exact) mass is 327 g/mol. The Bertz CT molecular complexity index is 697. The molecule has 0 aromatic heterocycles. The van der Waals surface area contributed by atoms with Gasteiger partial charge in [-0.25, -0.2) is 0 Å². The fourth-order valence-electron chi connectivity index (χ4n) is 2.11. The van der Waals surface area contributed by atoms with Crippen molar-refractivity contribution in [3.63, 3.8) is 0 Å². The Hall–Kier alpha value is -2.49. The summed E-state index contributed by atoms with van der Waals surface area (Å²) < 4.78 is 11.3. The molecule has 0 bridgehead atoms. The maximum Gasteiger partial charge on any atom is 0.262 e. The van der Waals surface area contributed by atoms with Gasteiger partial charge in [0.15, 0.2) is 6.61 Å². The van der Waals surface area contributed by atoms with Gasteiger partial charge in [-0.2, -0.15) is 0 Å². The molecule has 1 amide bonds. The van der Waals surface area contributed by atoms with Crippen LogP contribution in [0.1, 0.15) is 31.4 Å². The summed E-state index contributed by atoms with van der Waals surface area (Å²) in [5.41, 5.74) is 3.04. The molecule has 0 fully saturated rings. The zero-order chi connectivity index (χ0) is 17.5. The van der Waals surface area contributed by atoms with E-state index in [1.807, 2.05) is 63.2 Å². The van der Waals surface area contributed by atoms with E-state index in [4.69, 9.17) is 9.47 Å². The first-order valence-corrected chi connectivity index (χ1v) is 8.24. The van der Waals surface area contributed by atoms with Crippen LogP contribution >= 0.6 is 0 Å². The molecule has 1 atom stereocenters. The van der Waals surface area contributed by atoms with Crippen LogP contribution in [0.3, 0.4) is 0 Å². The van der Waals surface area contributed by atoms with E-state index in [1.54, 1.807) is 0 Å². The van der Waals surface area contributed by atoms with Gasteiger partial charge in [0.05, 0.1) is 6.10 Å². The van der Waals surface area contributed by atoms with Gasteiger partial charge in [-0.1, -0.05) is 19.1 Å². The van der Waals surface area contributed by atoms with Crippen molar-refractivity contribution in [2.45, 2.75) is 40.2 Å². The smallest absolute Gasteiger partial charge is 0.262 e. The highest BCUT2D eigenvalue weighted by molar-refractivity contribution is 5.92. The van der Waals surface area contributed by atoms with Gasteiger partial charge in [0, 0.05) is 11.8 Å². The Labute approximate surface area is 143 Å². The summed E-state index contributed by atoms with van der Waals surface area (Å²) in [6, 6.07) is 13.2. The molecule has 0 aliphatic rings. The molecule has 0 aliphatic carbocycles. The van der Waals surface area contributed by atoms with Gasteiger partial charge in [-0.3, -0.25) is 4.79 Å². The molecule has 1 N–H and O–H groups in total. The lowest BCUT2D eigenvalue weighted by molar-refractivity contribution is -0.118. The number of nitrogens with one attached hydrogen (secondary N) is 1. The zero-order valence-electron chi connectivity index (χ0n) is 14.8. The number of hydrogen-bond donors (Lipinski definition) is 1. The van der Waals surface area contributed by atoms with Gasteiger partial charge in [-0.05, 0) is 62.6 Å². The van der Waals surface area contributed by atoms with Crippen molar-refractivity contribution in [3.05, 3.63) is 53.6 Å². The van der Waals surface area contributed by atoms with Crippen molar-refractivity contribution in [2.75, 3.05) is 11.9 Å². The van der Waals surface area contributed by atoms with Crippen LogP contribution in [0.5, 0.6) is 11.5 Å². The number of benzene rings is 2. The predicted molar refractivity (Wildman–Crippen MR) is 96.9 cm³/mol. The number of rotatable bonds is 7. The highest BCUT2D eigenvalue weighted by Crippen LogP contribution is 2.20.